The van der Waals surface area contributed by atoms with Gasteiger partial charge in [-0.3, -0.25) is 9.97 Å². The Morgan fingerprint density at radius 1 is 0.733 bits per heavy atom. The predicted molar refractivity (Wildman–Crippen MR) is 57.8 cm³/mol. The molecule has 0 unspecified atom stereocenters. The molecule has 0 aromatic carbocycles. The number of pyridine rings is 2. The van der Waals surface area contributed by atoms with E-state index in [1.165, 1.54) is 11.1 Å². The van der Waals surface area contributed by atoms with Crippen molar-refractivity contribution < 1.29 is 5.32 Å². The Morgan fingerprint density at radius 3 is 1.53 bits per heavy atom. The summed E-state index contributed by atoms with van der Waals surface area (Å²) in [7, 11) is 0. The van der Waals surface area contributed by atoms with Crippen LogP contribution in [0, 0.1) is 0 Å². The van der Waals surface area contributed by atoms with Crippen molar-refractivity contribution in [3.63, 3.8) is 0 Å². The van der Waals surface area contributed by atoms with Gasteiger partial charge in [-0.1, -0.05) is 0 Å². The molecule has 0 saturated heterocycles. The summed E-state index contributed by atoms with van der Waals surface area (Å²) in [6, 6.07) is 8.18. The summed E-state index contributed by atoms with van der Waals surface area (Å²) in [6.45, 7) is 1.98. The predicted octanol–water partition coefficient (Wildman–Crippen LogP) is 0.740. The van der Waals surface area contributed by atoms with Crippen molar-refractivity contribution >= 4 is 0 Å². The molecule has 0 aliphatic carbocycles. The summed E-state index contributed by atoms with van der Waals surface area (Å²) in [5.74, 6) is 0. The molecule has 0 aliphatic heterocycles. The van der Waals surface area contributed by atoms with Gasteiger partial charge in [0.2, 0.25) is 0 Å². The lowest BCUT2D eigenvalue weighted by molar-refractivity contribution is -0.686. The van der Waals surface area contributed by atoms with Crippen LogP contribution in [0.1, 0.15) is 11.1 Å². The number of rotatable bonds is 4. The molecule has 15 heavy (non-hydrogen) atoms. The molecule has 0 amide bonds. The maximum Gasteiger partial charge on any atom is 0.102 e. The zero-order valence-electron chi connectivity index (χ0n) is 8.50. The van der Waals surface area contributed by atoms with Gasteiger partial charge in [0.15, 0.2) is 0 Å². The van der Waals surface area contributed by atoms with Crippen LogP contribution in [-0.2, 0) is 13.1 Å². The summed E-state index contributed by atoms with van der Waals surface area (Å²) in [4.78, 5) is 7.98. The zero-order valence-corrected chi connectivity index (χ0v) is 8.50. The maximum atomic E-state index is 3.99. The Bertz CT molecular complexity index is 347. The van der Waals surface area contributed by atoms with E-state index in [1.54, 1.807) is 0 Å². The average molecular weight is 200 g/mol. The highest BCUT2D eigenvalue weighted by Crippen LogP contribution is 1.94. The summed E-state index contributed by atoms with van der Waals surface area (Å²) >= 11 is 0. The Morgan fingerprint density at radius 2 is 1.13 bits per heavy atom. The molecule has 0 bridgehead atoms. The molecule has 0 aliphatic rings. The van der Waals surface area contributed by atoms with Gasteiger partial charge in [0.1, 0.15) is 13.1 Å². The molecule has 2 aromatic heterocycles. The molecule has 2 aromatic rings. The van der Waals surface area contributed by atoms with Crippen molar-refractivity contribution in [3.8, 4) is 0 Å². The van der Waals surface area contributed by atoms with E-state index in [4.69, 9.17) is 0 Å². The molecular weight excluding hydrogens is 186 g/mol. The lowest BCUT2D eigenvalue weighted by Gasteiger charge is -2.01. The van der Waals surface area contributed by atoms with E-state index in [0.717, 1.165) is 13.1 Å². The van der Waals surface area contributed by atoms with Crippen molar-refractivity contribution in [2.75, 3.05) is 0 Å². The second-order valence-corrected chi connectivity index (χ2v) is 3.41. The number of nitrogens with zero attached hydrogens (tertiary/aromatic N) is 2. The van der Waals surface area contributed by atoms with Crippen LogP contribution in [0.3, 0.4) is 0 Å². The van der Waals surface area contributed by atoms with Gasteiger partial charge in [0, 0.05) is 35.9 Å². The van der Waals surface area contributed by atoms with E-state index in [1.807, 2.05) is 49.1 Å². The number of quaternary nitrogens is 1. The Labute approximate surface area is 89.2 Å². The molecular formula is C12H14N3+. The van der Waals surface area contributed by atoms with Gasteiger partial charge >= 0.3 is 0 Å². The van der Waals surface area contributed by atoms with Crippen molar-refractivity contribution in [2.45, 2.75) is 13.1 Å². The third kappa shape index (κ3) is 3.14. The molecule has 0 radical (unpaired) electrons. The first-order valence-corrected chi connectivity index (χ1v) is 5.04. The van der Waals surface area contributed by atoms with Gasteiger partial charge in [-0.15, -0.1) is 0 Å². The second kappa shape index (κ2) is 5.22. The number of nitrogens with two attached hydrogens (primary N) is 1. The second-order valence-electron chi connectivity index (χ2n) is 3.41. The van der Waals surface area contributed by atoms with E-state index in [-0.39, 0.29) is 0 Å². The molecule has 0 spiro atoms. The van der Waals surface area contributed by atoms with Crippen LogP contribution in [0.4, 0.5) is 0 Å². The third-order valence-electron chi connectivity index (χ3n) is 2.26. The van der Waals surface area contributed by atoms with Crippen LogP contribution >= 0.6 is 0 Å². The van der Waals surface area contributed by atoms with Crippen molar-refractivity contribution in [2.24, 2.45) is 0 Å². The van der Waals surface area contributed by atoms with E-state index in [9.17, 15) is 0 Å². The monoisotopic (exact) mass is 200 g/mol. The first-order chi connectivity index (χ1) is 7.45. The molecule has 0 saturated carbocycles. The Hall–Kier alpha value is -1.74. The van der Waals surface area contributed by atoms with Crippen LogP contribution in [0.5, 0.6) is 0 Å². The summed E-state index contributed by atoms with van der Waals surface area (Å²) in [6.07, 6.45) is 7.32. The molecule has 3 heteroatoms. The average Bonchev–Trinajstić information content (AvgIpc) is 2.32. The smallest absolute Gasteiger partial charge is 0.102 e. The fraction of sp³-hybridized carbons (Fsp3) is 0.167. The van der Waals surface area contributed by atoms with Crippen LogP contribution in [0.2, 0.25) is 0 Å². The molecule has 0 atom stereocenters. The van der Waals surface area contributed by atoms with Crippen LogP contribution in [0.25, 0.3) is 0 Å². The minimum Gasteiger partial charge on any atom is -0.339 e. The van der Waals surface area contributed by atoms with Crippen molar-refractivity contribution in [1.82, 2.24) is 9.97 Å². The van der Waals surface area contributed by atoms with Gasteiger partial charge in [-0.05, 0) is 24.3 Å². The van der Waals surface area contributed by atoms with E-state index >= 15 is 0 Å². The largest absolute Gasteiger partial charge is 0.339 e. The van der Waals surface area contributed by atoms with Crippen LogP contribution < -0.4 is 5.32 Å². The molecule has 76 valence electrons. The van der Waals surface area contributed by atoms with Gasteiger partial charge < -0.3 is 5.32 Å². The van der Waals surface area contributed by atoms with Crippen LogP contribution in [-0.4, -0.2) is 9.97 Å². The minimum absolute atomic E-state index is 0.991. The standard InChI is InChI=1S/C12H13N3/c1-5-13-6-2-11(1)9-15-10-12-3-7-14-8-4-12/h1-8,15H,9-10H2/p+1. The quantitative estimate of drug-likeness (QED) is 0.791. The van der Waals surface area contributed by atoms with E-state index in [2.05, 4.69) is 15.3 Å². The molecule has 2 heterocycles. The summed E-state index contributed by atoms with van der Waals surface area (Å²) in [5.41, 5.74) is 2.61. The molecule has 2 rings (SSSR count). The molecule has 0 fully saturated rings. The Balaban J connectivity index is 1.81. The third-order valence-corrected chi connectivity index (χ3v) is 2.26. The lowest BCUT2D eigenvalue weighted by Crippen LogP contribution is -2.80. The number of aromatic nitrogens is 2. The maximum absolute atomic E-state index is 3.99. The number of hydrogen-bond acceptors (Lipinski definition) is 2. The first-order valence-electron chi connectivity index (χ1n) is 5.04. The highest BCUT2D eigenvalue weighted by molar-refractivity contribution is 5.09. The van der Waals surface area contributed by atoms with Gasteiger partial charge in [0.05, 0.1) is 0 Å². The van der Waals surface area contributed by atoms with Gasteiger partial charge in [0.25, 0.3) is 0 Å². The van der Waals surface area contributed by atoms with Gasteiger partial charge in [-0.2, -0.15) is 0 Å². The van der Waals surface area contributed by atoms with Crippen molar-refractivity contribution in [1.29, 1.82) is 0 Å². The molecule has 3 nitrogen and oxygen atoms in total. The van der Waals surface area contributed by atoms with Crippen molar-refractivity contribution in [3.05, 3.63) is 60.2 Å². The van der Waals surface area contributed by atoms with Gasteiger partial charge in [-0.25, -0.2) is 0 Å². The fourth-order valence-corrected chi connectivity index (χ4v) is 1.44. The van der Waals surface area contributed by atoms with E-state index in [0.29, 0.717) is 0 Å². The minimum atomic E-state index is 0.991. The number of hydrogen-bond donors (Lipinski definition) is 1. The fourth-order valence-electron chi connectivity index (χ4n) is 1.44. The van der Waals surface area contributed by atoms with E-state index < -0.39 is 0 Å². The lowest BCUT2D eigenvalue weighted by atomic mass is 10.2. The summed E-state index contributed by atoms with van der Waals surface area (Å²) < 4.78 is 0. The first kappa shape index (κ1) is 9.80. The molecule has 2 N–H and O–H groups in total. The highest BCUT2D eigenvalue weighted by atomic mass is 14.8. The zero-order chi connectivity index (χ0) is 10.3. The summed E-state index contributed by atoms with van der Waals surface area (Å²) in [5, 5.41) is 2.27. The highest BCUT2D eigenvalue weighted by Gasteiger charge is 1.95. The topological polar surface area (TPSA) is 42.4 Å². The van der Waals surface area contributed by atoms with Crippen LogP contribution in [0.15, 0.2) is 49.1 Å². The SMILES string of the molecule is c1cc(C[NH2+]Cc2ccncc2)ccn1. The Kier molecular flexibility index (Phi) is 3.41. The normalized spacial score (nSPS) is 10.1.